The van der Waals surface area contributed by atoms with Crippen molar-refractivity contribution in [3.05, 3.63) is 29.8 Å². The maximum Gasteiger partial charge on any atom is 0.416 e. The van der Waals surface area contributed by atoms with Crippen LogP contribution < -0.4 is 4.90 Å². The lowest BCUT2D eigenvalue weighted by Crippen LogP contribution is -2.27. The third kappa shape index (κ3) is 4.24. The van der Waals surface area contributed by atoms with E-state index in [1.807, 2.05) is 0 Å². The van der Waals surface area contributed by atoms with Gasteiger partial charge in [0.15, 0.2) is 0 Å². The zero-order valence-electron chi connectivity index (χ0n) is 9.00. The summed E-state index contributed by atoms with van der Waals surface area (Å²) in [6.45, 7) is 0. The molecule has 0 heterocycles. The molecule has 5 nitrogen and oxygen atoms in total. The van der Waals surface area contributed by atoms with E-state index >= 15 is 0 Å². The van der Waals surface area contributed by atoms with Gasteiger partial charge in [0, 0.05) is 5.56 Å². The van der Waals surface area contributed by atoms with E-state index in [4.69, 9.17) is 5.11 Å². The third-order valence-corrected chi connectivity index (χ3v) is 2.48. The highest BCUT2D eigenvalue weighted by Crippen LogP contribution is 2.14. The molecule has 0 aliphatic carbocycles. The Labute approximate surface area is 114 Å². The Balaban J connectivity index is 3.21. The largest absolute Gasteiger partial charge is 0.464 e. The van der Waals surface area contributed by atoms with Crippen LogP contribution in [0.15, 0.2) is 24.3 Å². The molecule has 0 bridgehead atoms. The summed E-state index contributed by atoms with van der Waals surface area (Å²) in [4.78, 5) is 11.6. The lowest BCUT2D eigenvalue weighted by Gasteiger charge is -2.12. The van der Waals surface area contributed by atoms with Crippen LogP contribution in [-0.2, 0) is 10.3 Å². The van der Waals surface area contributed by atoms with E-state index in [1.54, 1.807) is 12.1 Å². The van der Waals surface area contributed by atoms with Crippen LogP contribution in [0, 0.1) is 11.8 Å². The van der Waals surface area contributed by atoms with Crippen molar-refractivity contribution in [3.63, 3.8) is 0 Å². The molecule has 0 radical (unpaired) electrons. The summed E-state index contributed by atoms with van der Waals surface area (Å²) in [6.07, 6.45) is -1.38. The van der Waals surface area contributed by atoms with E-state index in [2.05, 4.69) is 27.8 Å². The second-order valence-corrected chi connectivity index (χ2v) is 4.30. The molecular formula is C11H8BrNO4S. The van der Waals surface area contributed by atoms with Gasteiger partial charge in [-0.25, -0.2) is 9.69 Å². The van der Waals surface area contributed by atoms with Crippen LogP contribution in [0.1, 0.15) is 5.56 Å². The molecule has 0 fully saturated rings. The summed E-state index contributed by atoms with van der Waals surface area (Å²) in [6, 6.07) is 6.28. The molecule has 1 amide bonds. The van der Waals surface area contributed by atoms with Gasteiger partial charge in [0.25, 0.3) is 0 Å². The van der Waals surface area contributed by atoms with Gasteiger partial charge in [-0.05, 0) is 18.2 Å². The van der Waals surface area contributed by atoms with Crippen LogP contribution in [0.3, 0.4) is 0 Å². The van der Waals surface area contributed by atoms with Crippen molar-refractivity contribution >= 4 is 43.5 Å². The topological polar surface area (TPSA) is 74.7 Å². The molecular weight excluding hydrogens is 322 g/mol. The Bertz CT molecular complexity index is 634. The summed E-state index contributed by atoms with van der Waals surface area (Å²) in [5.41, 5.74) is 1.40. The number of halogens is 1. The minimum absolute atomic E-state index is 0.216. The van der Waals surface area contributed by atoms with Gasteiger partial charge >= 0.3 is 6.09 Å². The van der Waals surface area contributed by atoms with Gasteiger partial charge in [-0.15, -0.1) is 0 Å². The molecule has 94 valence electrons. The monoisotopic (exact) mass is 329 g/mol. The molecule has 0 aliphatic heterocycles. The molecule has 1 rings (SSSR count). The molecule has 7 heteroatoms. The summed E-state index contributed by atoms with van der Waals surface area (Å²) in [7, 11) is -2.60. The van der Waals surface area contributed by atoms with E-state index in [1.165, 1.54) is 12.1 Å². The molecule has 0 spiro atoms. The van der Waals surface area contributed by atoms with E-state index in [0.717, 1.165) is 0 Å². The highest BCUT2D eigenvalue weighted by atomic mass is 79.9. The van der Waals surface area contributed by atoms with Crippen LogP contribution in [0.5, 0.6) is 0 Å². The van der Waals surface area contributed by atoms with E-state index < -0.39 is 16.4 Å². The normalized spacial score (nSPS) is 8.94. The minimum Gasteiger partial charge on any atom is -0.464 e. The predicted octanol–water partition coefficient (Wildman–Crippen LogP) is 1.56. The summed E-state index contributed by atoms with van der Waals surface area (Å²) < 4.78 is 21.1. The fourth-order valence-electron chi connectivity index (χ4n) is 1.17. The Kier molecular flexibility index (Phi) is 5.42. The van der Waals surface area contributed by atoms with Gasteiger partial charge < -0.3 is 5.11 Å². The second-order valence-electron chi connectivity index (χ2n) is 3.00. The maximum absolute atomic E-state index is 10.9. The van der Waals surface area contributed by atoms with Crippen molar-refractivity contribution in [2.75, 3.05) is 10.2 Å². The molecule has 0 unspecified atom stereocenters. The highest BCUT2D eigenvalue weighted by molar-refractivity contribution is 9.09. The van der Waals surface area contributed by atoms with Gasteiger partial charge in [0.2, 0.25) is 10.3 Å². The first-order valence-electron chi connectivity index (χ1n) is 4.64. The van der Waals surface area contributed by atoms with E-state index in [-0.39, 0.29) is 5.69 Å². The first-order valence-corrected chi connectivity index (χ1v) is 6.90. The Hall–Kier alpha value is -1.78. The van der Waals surface area contributed by atoms with Gasteiger partial charge in [0.05, 0.1) is 11.0 Å². The number of amides is 1. The van der Waals surface area contributed by atoms with Crippen LogP contribution in [-0.4, -0.2) is 30.4 Å². The summed E-state index contributed by atoms with van der Waals surface area (Å²) >= 11 is 3.14. The summed E-state index contributed by atoms with van der Waals surface area (Å²) in [5, 5.41) is 9.42. The van der Waals surface area contributed by atoms with Crippen LogP contribution in [0.2, 0.25) is 0 Å². The lowest BCUT2D eigenvalue weighted by molar-refractivity contribution is 0.206. The molecule has 0 saturated carbocycles. The van der Waals surface area contributed by atoms with Crippen LogP contribution in [0.4, 0.5) is 10.5 Å². The van der Waals surface area contributed by atoms with Crippen LogP contribution >= 0.6 is 15.9 Å². The smallest absolute Gasteiger partial charge is 0.416 e. The Morgan fingerprint density at radius 1 is 1.50 bits per heavy atom. The molecule has 18 heavy (non-hydrogen) atoms. The third-order valence-electron chi connectivity index (χ3n) is 1.82. The predicted molar refractivity (Wildman–Crippen MR) is 72.6 cm³/mol. The average Bonchev–Trinajstić information content (AvgIpc) is 2.33. The van der Waals surface area contributed by atoms with Gasteiger partial charge in [-0.1, -0.05) is 33.8 Å². The Morgan fingerprint density at radius 3 is 2.78 bits per heavy atom. The highest BCUT2D eigenvalue weighted by Gasteiger charge is 2.12. The molecule has 0 atom stereocenters. The fourth-order valence-corrected chi connectivity index (χ4v) is 1.70. The van der Waals surface area contributed by atoms with E-state index in [0.29, 0.717) is 21.3 Å². The average molecular weight is 330 g/mol. The molecule has 1 aromatic carbocycles. The molecule has 0 saturated heterocycles. The minimum atomic E-state index is -2.60. The van der Waals surface area contributed by atoms with Crippen molar-refractivity contribution in [3.8, 4) is 11.8 Å². The van der Waals surface area contributed by atoms with Gasteiger partial charge in [-0.3, -0.25) is 0 Å². The fraction of sp³-hybridized carbons (Fsp3) is 0.0909. The number of carboxylic acid groups (broad SMARTS) is 1. The standard InChI is InChI=1S/C11H8BrNO4S/c12-6-2-4-9-3-1-5-10(7-9)13(11(14)15)8-18(16)17/h1,3,5,7-8H,6H2,(H,14,15). The Morgan fingerprint density at radius 2 is 2.22 bits per heavy atom. The first-order chi connectivity index (χ1) is 8.54. The first kappa shape index (κ1) is 14.3. The second kappa shape index (κ2) is 6.83. The quantitative estimate of drug-likeness (QED) is 0.507. The summed E-state index contributed by atoms with van der Waals surface area (Å²) in [5.74, 6) is 5.57. The number of hydrogen-bond acceptors (Lipinski definition) is 3. The maximum atomic E-state index is 10.9. The number of nitrogens with zero attached hydrogens (tertiary/aromatic N) is 1. The number of alkyl halides is 1. The molecule has 0 aromatic heterocycles. The number of hydrogen-bond donors (Lipinski definition) is 1. The van der Waals surface area contributed by atoms with Gasteiger partial charge in [0.1, 0.15) is 5.49 Å². The molecule has 1 aromatic rings. The number of benzene rings is 1. The number of anilines is 1. The van der Waals surface area contributed by atoms with Crippen LogP contribution in [0.25, 0.3) is 0 Å². The zero-order valence-corrected chi connectivity index (χ0v) is 11.4. The van der Waals surface area contributed by atoms with Crippen molar-refractivity contribution in [1.29, 1.82) is 0 Å². The van der Waals surface area contributed by atoms with Crippen molar-refractivity contribution in [1.82, 2.24) is 0 Å². The van der Waals surface area contributed by atoms with Crippen molar-refractivity contribution in [2.45, 2.75) is 0 Å². The molecule has 1 N–H and O–H groups in total. The van der Waals surface area contributed by atoms with Crippen molar-refractivity contribution in [2.24, 2.45) is 0 Å². The van der Waals surface area contributed by atoms with Crippen molar-refractivity contribution < 1.29 is 18.3 Å². The van der Waals surface area contributed by atoms with E-state index in [9.17, 15) is 13.2 Å². The number of rotatable bonds is 2. The van der Waals surface area contributed by atoms with Gasteiger partial charge in [-0.2, -0.15) is 8.42 Å². The number of carbonyl (C=O) groups is 1. The lowest BCUT2D eigenvalue weighted by atomic mass is 10.2. The zero-order chi connectivity index (χ0) is 13.5. The molecule has 0 aliphatic rings. The SMILES string of the molecule is O=C(O)N(C=S(=O)=O)c1cccc(C#CCBr)c1.